The zero-order valence-electron chi connectivity index (χ0n) is 6.86. The molecule has 0 aromatic heterocycles. The fourth-order valence-electron chi connectivity index (χ4n) is 1.86. The van der Waals surface area contributed by atoms with Crippen molar-refractivity contribution in [1.82, 2.24) is 0 Å². The molecule has 3 atom stereocenters. The lowest BCUT2D eigenvalue weighted by atomic mass is 10.0. The second-order valence-electron chi connectivity index (χ2n) is 3.62. The van der Waals surface area contributed by atoms with Gasteiger partial charge in [-0.1, -0.05) is 0 Å². The van der Waals surface area contributed by atoms with E-state index in [2.05, 4.69) is 0 Å². The molecule has 0 amide bonds. The van der Waals surface area contributed by atoms with E-state index in [1.54, 1.807) is 0 Å². The molecule has 1 heterocycles. The molecule has 0 aromatic carbocycles. The van der Waals surface area contributed by atoms with Gasteiger partial charge in [0.15, 0.2) is 0 Å². The zero-order chi connectivity index (χ0) is 8.55. The SMILES string of the molecule is O=CC1CC1C1CCCC(=O)O1. The van der Waals surface area contributed by atoms with Crippen LogP contribution in [0.1, 0.15) is 25.7 Å². The van der Waals surface area contributed by atoms with Gasteiger partial charge in [-0.2, -0.15) is 0 Å². The standard InChI is InChI=1S/C9H12O3/c10-5-6-4-7(6)8-2-1-3-9(11)12-8/h5-8H,1-4H2. The van der Waals surface area contributed by atoms with E-state index >= 15 is 0 Å². The summed E-state index contributed by atoms with van der Waals surface area (Å²) in [6.45, 7) is 0. The highest BCUT2D eigenvalue weighted by Gasteiger charge is 2.45. The zero-order valence-corrected chi connectivity index (χ0v) is 6.86. The molecule has 3 unspecified atom stereocenters. The molecule has 12 heavy (non-hydrogen) atoms. The Balaban J connectivity index is 1.88. The lowest BCUT2D eigenvalue weighted by Gasteiger charge is -2.21. The molecule has 0 N–H and O–H groups in total. The molecule has 1 saturated carbocycles. The summed E-state index contributed by atoms with van der Waals surface area (Å²) in [4.78, 5) is 21.3. The normalized spacial score (nSPS) is 40.3. The number of hydrogen-bond acceptors (Lipinski definition) is 3. The summed E-state index contributed by atoms with van der Waals surface area (Å²) < 4.78 is 5.14. The van der Waals surface area contributed by atoms with Gasteiger partial charge in [-0.25, -0.2) is 0 Å². The summed E-state index contributed by atoms with van der Waals surface area (Å²) in [5.74, 6) is 0.412. The molecule has 2 rings (SSSR count). The van der Waals surface area contributed by atoms with Crippen LogP contribution >= 0.6 is 0 Å². The van der Waals surface area contributed by atoms with Crippen molar-refractivity contribution >= 4 is 12.3 Å². The Kier molecular flexibility index (Phi) is 1.87. The van der Waals surface area contributed by atoms with Crippen molar-refractivity contribution in [1.29, 1.82) is 0 Å². The summed E-state index contributed by atoms with van der Waals surface area (Å²) >= 11 is 0. The Morgan fingerprint density at radius 2 is 2.33 bits per heavy atom. The first-order valence-electron chi connectivity index (χ1n) is 4.46. The number of hydrogen-bond donors (Lipinski definition) is 0. The monoisotopic (exact) mass is 168 g/mol. The highest BCUT2D eigenvalue weighted by atomic mass is 16.5. The van der Waals surface area contributed by atoms with Gasteiger partial charge in [-0.3, -0.25) is 4.79 Å². The summed E-state index contributed by atoms with van der Waals surface area (Å²) in [7, 11) is 0. The molecule has 0 aromatic rings. The van der Waals surface area contributed by atoms with Crippen molar-refractivity contribution in [3.63, 3.8) is 0 Å². The van der Waals surface area contributed by atoms with Crippen LogP contribution in [-0.4, -0.2) is 18.4 Å². The quantitative estimate of drug-likeness (QED) is 0.455. The predicted octanol–water partition coefficient (Wildman–Crippen LogP) is 0.917. The molecule has 66 valence electrons. The van der Waals surface area contributed by atoms with Crippen molar-refractivity contribution in [2.24, 2.45) is 11.8 Å². The molecule has 3 heteroatoms. The van der Waals surface area contributed by atoms with E-state index in [9.17, 15) is 9.59 Å². The van der Waals surface area contributed by atoms with Crippen LogP contribution < -0.4 is 0 Å². The van der Waals surface area contributed by atoms with Crippen LogP contribution in [0.3, 0.4) is 0 Å². The first-order chi connectivity index (χ1) is 5.81. The van der Waals surface area contributed by atoms with Gasteiger partial charge >= 0.3 is 5.97 Å². The van der Waals surface area contributed by atoms with Crippen LogP contribution in [0.25, 0.3) is 0 Å². The van der Waals surface area contributed by atoms with Crippen LogP contribution in [0.4, 0.5) is 0 Å². The van der Waals surface area contributed by atoms with E-state index < -0.39 is 0 Å². The van der Waals surface area contributed by atoms with Gasteiger partial charge in [0, 0.05) is 18.3 Å². The van der Waals surface area contributed by atoms with Crippen LogP contribution in [0, 0.1) is 11.8 Å². The molecule has 2 fully saturated rings. The van der Waals surface area contributed by atoms with Gasteiger partial charge in [-0.15, -0.1) is 0 Å². The molecule has 0 spiro atoms. The van der Waals surface area contributed by atoms with Crippen LogP contribution in [-0.2, 0) is 14.3 Å². The van der Waals surface area contributed by atoms with Gasteiger partial charge < -0.3 is 9.53 Å². The third-order valence-electron chi connectivity index (χ3n) is 2.70. The number of carbonyl (C=O) groups is 2. The summed E-state index contributed by atoms with van der Waals surface area (Å²) in [5, 5.41) is 0. The number of esters is 1. The molecule has 1 aliphatic carbocycles. The van der Waals surface area contributed by atoms with Gasteiger partial charge in [0.05, 0.1) is 0 Å². The first kappa shape index (κ1) is 7.77. The molecular weight excluding hydrogens is 156 g/mol. The first-order valence-corrected chi connectivity index (χ1v) is 4.46. The Hall–Kier alpha value is -0.860. The third-order valence-corrected chi connectivity index (χ3v) is 2.70. The maximum atomic E-state index is 10.9. The number of ether oxygens (including phenoxy) is 1. The van der Waals surface area contributed by atoms with E-state index in [1.807, 2.05) is 0 Å². The largest absolute Gasteiger partial charge is 0.462 e. The average molecular weight is 168 g/mol. The smallest absolute Gasteiger partial charge is 0.306 e. The second kappa shape index (κ2) is 2.88. The molecule has 3 nitrogen and oxygen atoms in total. The fourth-order valence-corrected chi connectivity index (χ4v) is 1.86. The van der Waals surface area contributed by atoms with Crippen LogP contribution in [0.5, 0.6) is 0 Å². The fraction of sp³-hybridized carbons (Fsp3) is 0.778. The number of cyclic esters (lactones) is 1. The Labute approximate surface area is 71.1 Å². The number of carbonyl (C=O) groups excluding carboxylic acids is 2. The molecule has 0 radical (unpaired) electrons. The summed E-state index contributed by atoms with van der Waals surface area (Å²) in [5.41, 5.74) is 0. The maximum absolute atomic E-state index is 10.9. The van der Waals surface area contributed by atoms with Crippen LogP contribution in [0.2, 0.25) is 0 Å². The number of rotatable bonds is 2. The lowest BCUT2D eigenvalue weighted by Crippen LogP contribution is -2.25. The molecule has 2 aliphatic rings. The van der Waals surface area contributed by atoms with Crippen LogP contribution in [0.15, 0.2) is 0 Å². The molecule has 0 bridgehead atoms. The highest BCUT2D eigenvalue weighted by Crippen LogP contribution is 2.43. The average Bonchev–Trinajstić information content (AvgIpc) is 2.83. The minimum absolute atomic E-state index is 0.0430. The topological polar surface area (TPSA) is 43.4 Å². The van der Waals surface area contributed by atoms with Crippen molar-refractivity contribution in [3.05, 3.63) is 0 Å². The molecule has 1 aliphatic heterocycles. The minimum atomic E-state index is -0.0946. The number of aldehydes is 1. The Bertz CT molecular complexity index is 212. The van der Waals surface area contributed by atoms with E-state index in [0.29, 0.717) is 12.3 Å². The van der Waals surface area contributed by atoms with Gasteiger partial charge in [0.1, 0.15) is 12.4 Å². The predicted molar refractivity (Wildman–Crippen MR) is 41.4 cm³/mol. The summed E-state index contributed by atoms with van der Waals surface area (Å²) in [6.07, 6.45) is 4.36. The van der Waals surface area contributed by atoms with E-state index in [-0.39, 0.29) is 18.0 Å². The van der Waals surface area contributed by atoms with Gasteiger partial charge in [0.2, 0.25) is 0 Å². The Morgan fingerprint density at radius 1 is 1.50 bits per heavy atom. The van der Waals surface area contributed by atoms with Crippen molar-refractivity contribution in [2.45, 2.75) is 31.8 Å². The van der Waals surface area contributed by atoms with E-state index in [0.717, 1.165) is 25.5 Å². The maximum Gasteiger partial charge on any atom is 0.306 e. The Morgan fingerprint density at radius 3 is 2.92 bits per heavy atom. The second-order valence-corrected chi connectivity index (χ2v) is 3.62. The highest BCUT2D eigenvalue weighted by molar-refractivity contribution is 5.70. The van der Waals surface area contributed by atoms with Crippen molar-refractivity contribution in [2.75, 3.05) is 0 Å². The van der Waals surface area contributed by atoms with Crippen molar-refractivity contribution < 1.29 is 14.3 Å². The van der Waals surface area contributed by atoms with Gasteiger partial charge in [-0.05, 0) is 19.3 Å². The van der Waals surface area contributed by atoms with Gasteiger partial charge in [0.25, 0.3) is 0 Å². The summed E-state index contributed by atoms with van der Waals surface area (Å²) in [6, 6.07) is 0. The lowest BCUT2D eigenvalue weighted by molar-refractivity contribution is -0.155. The minimum Gasteiger partial charge on any atom is -0.462 e. The van der Waals surface area contributed by atoms with E-state index in [4.69, 9.17) is 4.74 Å². The molecule has 1 saturated heterocycles. The third kappa shape index (κ3) is 1.36. The van der Waals surface area contributed by atoms with Crippen molar-refractivity contribution in [3.8, 4) is 0 Å². The molecular formula is C9H12O3. The van der Waals surface area contributed by atoms with E-state index in [1.165, 1.54) is 0 Å².